The summed E-state index contributed by atoms with van der Waals surface area (Å²) in [6.45, 7) is 2.40. The van der Waals surface area contributed by atoms with E-state index in [1.165, 1.54) is 0 Å². The molecule has 3 unspecified atom stereocenters. The number of hydrogen-bond acceptors (Lipinski definition) is 2. The van der Waals surface area contributed by atoms with E-state index >= 15 is 0 Å². The third-order valence-corrected chi connectivity index (χ3v) is 3.19. The molecule has 0 spiro atoms. The van der Waals surface area contributed by atoms with Gasteiger partial charge in [-0.05, 0) is 19.3 Å². The van der Waals surface area contributed by atoms with Crippen LogP contribution >= 0.6 is 0 Å². The van der Waals surface area contributed by atoms with Crippen LogP contribution in [-0.2, 0) is 4.79 Å². The van der Waals surface area contributed by atoms with E-state index in [9.17, 15) is 9.90 Å². The number of hydrogen-bond donors (Lipinski definition) is 1. The number of fused-ring (bicyclic) bond motifs is 2. The summed E-state index contributed by atoms with van der Waals surface area (Å²) in [5.41, 5.74) is 0. The molecule has 12 heavy (non-hydrogen) atoms. The van der Waals surface area contributed by atoms with E-state index in [2.05, 4.69) is 0 Å². The number of amides is 1. The zero-order valence-electron chi connectivity index (χ0n) is 7.36. The van der Waals surface area contributed by atoms with E-state index < -0.39 is 0 Å². The molecule has 0 aromatic carbocycles. The van der Waals surface area contributed by atoms with Crippen molar-refractivity contribution in [2.75, 3.05) is 6.54 Å². The van der Waals surface area contributed by atoms with E-state index in [0.29, 0.717) is 12.0 Å². The van der Waals surface area contributed by atoms with Crippen molar-refractivity contribution in [3.8, 4) is 0 Å². The molecule has 1 N–H and O–H groups in total. The van der Waals surface area contributed by atoms with Gasteiger partial charge < -0.3 is 10.0 Å². The zero-order chi connectivity index (χ0) is 8.72. The van der Waals surface area contributed by atoms with Crippen LogP contribution in [0.5, 0.6) is 0 Å². The maximum atomic E-state index is 11.1. The average Bonchev–Trinajstić information content (AvgIpc) is 2.37. The average molecular weight is 169 g/mol. The fraction of sp³-hybridized carbons (Fsp3) is 0.889. The van der Waals surface area contributed by atoms with Crippen molar-refractivity contribution in [3.05, 3.63) is 0 Å². The largest absolute Gasteiger partial charge is 0.393 e. The van der Waals surface area contributed by atoms with Crippen LogP contribution in [0.15, 0.2) is 0 Å². The molecule has 0 radical (unpaired) electrons. The van der Waals surface area contributed by atoms with Crippen molar-refractivity contribution in [3.63, 3.8) is 0 Å². The van der Waals surface area contributed by atoms with Crippen LogP contribution in [0.2, 0.25) is 0 Å². The Morgan fingerprint density at radius 2 is 2.25 bits per heavy atom. The van der Waals surface area contributed by atoms with E-state index in [0.717, 1.165) is 25.8 Å². The topological polar surface area (TPSA) is 40.5 Å². The normalized spacial score (nSPS) is 40.2. The highest BCUT2D eigenvalue weighted by Crippen LogP contribution is 2.35. The van der Waals surface area contributed by atoms with Crippen molar-refractivity contribution < 1.29 is 9.90 Å². The summed E-state index contributed by atoms with van der Waals surface area (Å²) in [5, 5.41) is 9.56. The Kier molecular flexibility index (Phi) is 1.83. The van der Waals surface area contributed by atoms with E-state index in [4.69, 9.17) is 0 Å². The van der Waals surface area contributed by atoms with Gasteiger partial charge in [0.15, 0.2) is 0 Å². The highest BCUT2D eigenvalue weighted by molar-refractivity contribution is 5.74. The van der Waals surface area contributed by atoms with Crippen LogP contribution in [0.4, 0.5) is 0 Å². The van der Waals surface area contributed by atoms with Crippen molar-refractivity contribution >= 4 is 5.91 Å². The molecule has 1 saturated heterocycles. The Morgan fingerprint density at radius 3 is 2.83 bits per heavy atom. The molecular formula is C9H15NO2. The summed E-state index contributed by atoms with van der Waals surface area (Å²) in [6.07, 6.45) is 2.71. The van der Waals surface area contributed by atoms with Crippen molar-refractivity contribution in [1.82, 2.24) is 4.90 Å². The number of aliphatic hydroxyl groups is 1. The Balaban J connectivity index is 2.10. The molecule has 0 aromatic heterocycles. The van der Waals surface area contributed by atoms with Gasteiger partial charge in [0.2, 0.25) is 5.91 Å². The third kappa shape index (κ3) is 1.12. The minimum Gasteiger partial charge on any atom is -0.393 e. The number of likely N-dealkylation sites (tertiary alicyclic amines) is 1. The van der Waals surface area contributed by atoms with Gasteiger partial charge in [-0.3, -0.25) is 4.79 Å². The minimum absolute atomic E-state index is 0.161. The summed E-state index contributed by atoms with van der Waals surface area (Å²) in [4.78, 5) is 13.1. The number of rotatable bonds is 0. The quantitative estimate of drug-likeness (QED) is 0.569. The second-order valence-corrected chi connectivity index (χ2v) is 3.97. The first-order chi connectivity index (χ1) is 5.68. The number of carbonyl (C=O) groups excluding carboxylic acids is 1. The summed E-state index contributed by atoms with van der Waals surface area (Å²) in [7, 11) is 0. The lowest BCUT2D eigenvalue weighted by atomic mass is 9.88. The summed E-state index contributed by atoms with van der Waals surface area (Å²) in [5.74, 6) is 0.518. The van der Waals surface area contributed by atoms with Gasteiger partial charge in [-0.2, -0.15) is 0 Å². The molecule has 1 saturated carbocycles. The molecule has 2 bridgehead atoms. The van der Waals surface area contributed by atoms with E-state index in [1.807, 2.05) is 4.90 Å². The molecule has 1 aliphatic heterocycles. The second-order valence-electron chi connectivity index (χ2n) is 3.97. The number of nitrogens with zero attached hydrogens (tertiary/aromatic N) is 1. The van der Waals surface area contributed by atoms with Crippen LogP contribution in [0, 0.1) is 5.92 Å². The SMILES string of the molecule is CC(=O)N1CC2CC1CCC2O. The molecule has 1 aliphatic carbocycles. The molecular weight excluding hydrogens is 154 g/mol. The summed E-state index contributed by atoms with van der Waals surface area (Å²) in [6, 6.07) is 0.427. The van der Waals surface area contributed by atoms with Gasteiger partial charge in [-0.1, -0.05) is 0 Å². The fourth-order valence-electron chi connectivity index (χ4n) is 2.49. The maximum Gasteiger partial charge on any atom is 0.219 e. The number of carbonyl (C=O) groups is 1. The third-order valence-electron chi connectivity index (χ3n) is 3.19. The van der Waals surface area contributed by atoms with Crippen LogP contribution in [0.25, 0.3) is 0 Å². The Morgan fingerprint density at radius 1 is 1.50 bits per heavy atom. The minimum atomic E-state index is -0.161. The predicted molar refractivity (Wildman–Crippen MR) is 44.5 cm³/mol. The number of aliphatic hydroxyl groups excluding tert-OH is 1. The smallest absolute Gasteiger partial charge is 0.219 e. The second kappa shape index (κ2) is 2.73. The molecule has 1 amide bonds. The molecule has 3 heteroatoms. The van der Waals surface area contributed by atoms with E-state index in [-0.39, 0.29) is 12.0 Å². The lowest BCUT2D eigenvalue weighted by Crippen LogP contribution is -2.33. The van der Waals surface area contributed by atoms with Crippen LogP contribution in [0.3, 0.4) is 0 Å². The molecule has 0 aromatic rings. The van der Waals surface area contributed by atoms with Crippen molar-refractivity contribution in [2.45, 2.75) is 38.3 Å². The van der Waals surface area contributed by atoms with Gasteiger partial charge in [0.25, 0.3) is 0 Å². The fourth-order valence-corrected chi connectivity index (χ4v) is 2.49. The molecule has 2 aliphatic rings. The molecule has 3 nitrogen and oxygen atoms in total. The lowest BCUT2D eigenvalue weighted by Gasteiger charge is -2.24. The summed E-state index contributed by atoms with van der Waals surface area (Å²) < 4.78 is 0. The van der Waals surface area contributed by atoms with Gasteiger partial charge in [0.05, 0.1) is 6.10 Å². The van der Waals surface area contributed by atoms with Gasteiger partial charge in [-0.25, -0.2) is 0 Å². The highest BCUT2D eigenvalue weighted by atomic mass is 16.3. The maximum absolute atomic E-state index is 11.1. The summed E-state index contributed by atoms with van der Waals surface area (Å²) >= 11 is 0. The first-order valence-corrected chi connectivity index (χ1v) is 4.63. The Bertz CT molecular complexity index is 205. The standard InChI is InChI=1S/C9H15NO2/c1-6(11)10-5-7-4-8(10)2-3-9(7)12/h7-9,12H,2-5H2,1H3. The first kappa shape index (κ1) is 8.05. The lowest BCUT2D eigenvalue weighted by molar-refractivity contribution is -0.129. The molecule has 2 rings (SSSR count). The van der Waals surface area contributed by atoms with Gasteiger partial charge in [0.1, 0.15) is 0 Å². The van der Waals surface area contributed by atoms with E-state index in [1.54, 1.807) is 6.92 Å². The molecule has 2 fully saturated rings. The van der Waals surface area contributed by atoms with Crippen molar-refractivity contribution in [1.29, 1.82) is 0 Å². The predicted octanol–water partition coefficient (Wildman–Crippen LogP) is 0.378. The van der Waals surface area contributed by atoms with Gasteiger partial charge >= 0.3 is 0 Å². The molecule has 3 atom stereocenters. The highest BCUT2D eigenvalue weighted by Gasteiger charge is 2.40. The molecule has 1 heterocycles. The van der Waals surface area contributed by atoms with Crippen LogP contribution in [-0.4, -0.2) is 34.6 Å². The first-order valence-electron chi connectivity index (χ1n) is 4.63. The van der Waals surface area contributed by atoms with Crippen LogP contribution < -0.4 is 0 Å². The Labute approximate surface area is 72.4 Å². The van der Waals surface area contributed by atoms with Gasteiger partial charge in [-0.15, -0.1) is 0 Å². The monoisotopic (exact) mass is 169 g/mol. The Hall–Kier alpha value is -0.570. The zero-order valence-corrected chi connectivity index (χ0v) is 7.36. The van der Waals surface area contributed by atoms with Crippen LogP contribution in [0.1, 0.15) is 26.2 Å². The van der Waals surface area contributed by atoms with Crippen molar-refractivity contribution in [2.24, 2.45) is 5.92 Å². The molecule has 68 valence electrons. The van der Waals surface area contributed by atoms with Gasteiger partial charge in [0, 0.05) is 25.4 Å².